The van der Waals surface area contributed by atoms with Crippen molar-refractivity contribution in [2.75, 3.05) is 6.61 Å². The maximum absolute atomic E-state index is 12.2. The summed E-state index contributed by atoms with van der Waals surface area (Å²) in [5.41, 5.74) is 1.45. The lowest BCUT2D eigenvalue weighted by molar-refractivity contribution is -0.386. The second kappa shape index (κ2) is 8.43. The number of carbonyl (C=O) groups is 2. The van der Waals surface area contributed by atoms with Gasteiger partial charge in [0.1, 0.15) is 30.3 Å². The van der Waals surface area contributed by atoms with Gasteiger partial charge in [0.2, 0.25) is 0 Å². The minimum Gasteiger partial charge on any atom is -0.493 e. The van der Waals surface area contributed by atoms with Crippen molar-refractivity contribution < 1.29 is 24.0 Å². The summed E-state index contributed by atoms with van der Waals surface area (Å²) >= 11 is 0. The van der Waals surface area contributed by atoms with E-state index in [1.54, 1.807) is 18.2 Å². The van der Waals surface area contributed by atoms with Gasteiger partial charge in [0.15, 0.2) is 5.78 Å². The topological polar surface area (TPSA) is 114 Å². The van der Waals surface area contributed by atoms with Crippen LogP contribution >= 0.6 is 0 Å². The zero-order valence-electron chi connectivity index (χ0n) is 15.6. The molecule has 0 saturated carbocycles. The highest BCUT2D eigenvalue weighted by molar-refractivity contribution is 5.94. The van der Waals surface area contributed by atoms with Crippen LogP contribution in [-0.4, -0.2) is 33.1 Å². The van der Waals surface area contributed by atoms with Crippen LogP contribution in [0.25, 0.3) is 0 Å². The molecule has 0 fully saturated rings. The van der Waals surface area contributed by atoms with Crippen molar-refractivity contribution in [3.05, 3.63) is 50.8 Å². The first kappa shape index (κ1) is 20.1. The zero-order chi connectivity index (χ0) is 20.1. The van der Waals surface area contributed by atoms with Gasteiger partial charge in [0.05, 0.1) is 11.5 Å². The van der Waals surface area contributed by atoms with Crippen LogP contribution < -0.4 is 4.74 Å². The van der Waals surface area contributed by atoms with Crippen LogP contribution in [0.3, 0.4) is 0 Å². The van der Waals surface area contributed by atoms with Gasteiger partial charge in [-0.2, -0.15) is 5.10 Å². The quantitative estimate of drug-likeness (QED) is 0.302. The number of aryl methyl sites for hydroxylation is 1. The molecule has 0 aliphatic rings. The first-order valence-corrected chi connectivity index (χ1v) is 8.35. The van der Waals surface area contributed by atoms with Gasteiger partial charge in [-0.15, -0.1) is 0 Å². The van der Waals surface area contributed by atoms with E-state index in [9.17, 15) is 19.7 Å². The number of benzene rings is 1. The molecule has 0 bridgehead atoms. The number of esters is 1. The summed E-state index contributed by atoms with van der Waals surface area (Å²) in [5.74, 6) is -0.191. The van der Waals surface area contributed by atoms with E-state index in [0.29, 0.717) is 23.5 Å². The molecule has 2 aromatic rings. The molecule has 2 rings (SSSR count). The number of ketones is 1. The Morgan fingerprint density at radius 2 is 2.00 bits per heavy atom. The van der Waals surface area contributed by atoms with Gasteiger partial charge in [-0.3, -0.25) is 24.4 Å². The molecule has 9 nitrogen and oxygen atoms in total. The molecule has 144 valence electrons. The van der Waals surface area contributed by atoms with Gasteiger partial charge < -0.3 is 9.47 Å². The second-order valence-corrected chi connectivity index (χ2v) is 5.91. The van der Waals surface area contributed by atoms with E-state index in [-0.39, 0.29) is 36.0 Å². The molecule has 1 aromatic carbocycles. The van der Waals surface area contributed by atoms with Crippen molar-refractivity contribution in [1.82, 2.24) is 9.78 Å². The number of nitro groups is 1. The fraction of sp³-hybridized carbons (Fsp3) is 0.389. The average molecular weight is 375 g/mol. The summed E-state index contributed by atoms with van der Waals surface area (Å²) in [5, 5.41) is 15.0. The van der Waals surface area contributed by atoms with Crippen LogP contribution in [0, 0.1) is 24.0 Å². The molecule has 0 aliphatic heterocycles. The SMILES string of the molecule is CCOc1ccc(C(C)=O)cc1COC(=O)Cn1nc(C)c([N+](=O)[O-])c1C. The number of hydrogen-bond donors (Lipinski definition) is 0. The average Bonchev–Trinajstić information content (AvgIpc) is 2.87. The second-order valence-electron chi connectivity index (χ2n) is 5.91. The molecule has 0 saturated heterocycles. The highest BCUT2D eigenvalue weighted by Gasteiger charge is 2.23. The van der Waals surface area contributed by atoms with E-state index in [2.05, 4.69) is 5.10 Å². The van der Waals surface area contributed by atoms with Gasteiger partial charge in [-0.05, 0) is 45.9 Å². The molecule has 0 radical (unpaired) electrons. The van der Waals surface area contributed by atoms with E-state index < -0.39 is 10.9 Å². The molecule has 27 heavy (non-hydrogen) atoms. The molecule has 1 heterocycles. The molecule has 0 aliphatic carbocycles. The van der Waals surface area contributed by atoms with Gasteiger partial charge >= 0.3 is 11.7 Å². The maximum Gasteiger partial charge on any atom is 0.328 e. The Morgan fingerprint density at radius 3 is 2.56 bits per heavy atom. The third kappa shape index (κ3) is 4.69. The van der Waals surface area contributed by atoms with Crippen LogP contribution in [-0.2, 0) is 22.7 Å². The standard InChI is InChI=1S/C18H21N3O6/c1-5-26-16-7-6-14(13(4)22)8-15(16)10-27-17(23)9-20-12(3)18(21(24)25)11(2)19-20/h6-8H,5,9-10H2,1-4H3. The third-order valence-corrected chi connectivity index (χ3v) is 3.96. The molecular formula is C18H21N3O6. The number of rotatable bonds is 8. The lowest BCUT2D eigenvalue weighted by Gasteiger charge is -2.12. The van der Waals surface area contributed by atoms with Crippen molar-refractivity contribution >= 4 is 17.4 Å². The van der Waals surface area contributed by atoms with Crippen LogP contribution in [0.5, 0.6) is 5.75 Å². The third-order valence-electron chi connectivity index (χ3n) is 3.96. The number of Topliss-reactive ketones (excluding diaryl/α,β-unsaturated/α-hetero) is 1. The van der Waals surface area contributed by atoms with Crippen LogP contribution in [0.15, 0.2) is 18.2 Å². The van der Waals surface area contributed by atoms with Gasteiger partial charge in [0.25, 0.3) is 0 Å². The predicted molar refractivity (Wildman–Crippen MR) is 95.8 cm³/mol. The first-order valence-electron chi connectivity index (χ1n) is 8.35. The fourth-order valence-corrected chi connectivity index (χ4v) is 2.64. The summed E-state index contributed by atoms with van der Waals surface area (Å²) in [6.07, 6.45) is 0. The Kier molecular flexibility index (Phi) is 6.27. The van der Waals surface area contributed by atoms with Crippen molar-refractivity contribution in [2.45, 2.75) is 40.8 Å². The molecule has 1 aromatic heterocycles. The number of aromatic nitrogens is 2. The molecule has 0 spiro atoms. The molecule has 9 heteroatoms. The largest absolute Gasteiger partial charge is 0.493 e. The van der Waals surface area contributed by atoms with Crippen molar-refractivity contribution in [3.63, 3.8) is 0 Å². The van der Waals surface area contributed by atoms with E-state index in [1.807, 2.05) is 6.92 Å². The zero-order valence-corrected chi connectivity index (χ0v) is 15.6. The minimum absolute atomic E-state index is 0.0866. The maximum atomic E-state index is 12.2. The monoisotopic (exact) mass is 375 g/mol. The van der Waals surface area contributed by atoms with Gasteiger partial charge in [-0.1, -0.05) is 0 Å². The molecule has 0 N–H and O–H groups in total. The van der Waals surface area contributed by atoms with Gasteiger partial charge in [-0.25, -0.2) is 0 Å². The Hall–Kier alpha value is -3.23. The Balaban J connectivity index is 2.12. The van der Waals surface area contributed by atoms with E-state index in [1.165, 1.54) is 25.5 Å². The number of nitrogens with zero attached hydrogens (tertiary/aromatic N) is 3. The predicted octanol–water partition coefficient (Wildman–Crippen LogP) is 2.75. The Morgan fingerprint density at radius 1 is 1.30 bits per heavy atom. The molecular weight excluding hydrogens is 354 g/mol. The van der Waals surface area contributed by atoms with Crippen LogP contribution in [0.1, 0.15) is 41.2 Å². The van der Waals surface area contributed by atoms with E-state index >= 15 is 0 Å². The summed E-state index contributed by atoms with van der Waals surface area (Å²) < 4.78 is 12.0. The fourth-order valence-electron chi connectivity index (χ4n) is 2.64. The van der Waals surface area contributed by atoms with E-state index in [0.717, 1.165) is 0 Å². The Labute approximate surface area is 156 Å². The molecule has 0 unspecified atom stereocenters. The van der Waals surface area contributed by atoms with Crippen molar-refractivity contribution in [2.24, 2.45) is 0 Å². The van der Waals surface area contributed by atoms with E-state index in [4.69, 9.17) is 9.47 Å². The minimum atomic E-state index is -0.605. The molecule has 0 amide bonds. The van der Waals surface area contributed by atoms with Crippen LogP contribution in [0.2, 0.25) is 0 Å². The summed E-state index contributed by atoms with van der Waals surface area (Å²) in [4.78, 5) is 34.2. The Bertz CT molecular complexity index is 887. The van der Waals surface area contributed by atoms with Crippen molar-refractivity contribution in [1.29, 1.82) is 0 Å². The summed E-state index contributed by atoms with van der Waals surface area (Å²) in [7, 11) is 0. The van der Waals surface area contributed by atoms with Crippen LogP contribution in [0.4, 0.5) is 5.69 Å². The van der Waals surface area contributed by atoms with Gasteiger partial charge in [0, 0.05) is 11.1 Å². The number of ether oxygens (including phenoxy) is 2. The number of carbonyl (C=O) groups excluding carboxylic acids is 2. The summed E-state index contributed by atoms with van der Waals surface area (Å²) in [6.45, 7) is 6.39. The lowest BCUT2D eigenvalue weighted by atomic mass is 10.1. The first-order chi connectivity index (χ1) is 12.7. The highest BCUT2D eigenvalue weighted by Crippen LogP contribution is 2.23. The highest BCUT2D eigenvalue weighted by atomic mass is 16.6. The molecule has 0 atom stereocenters. The number of hydrogen-bond acceptors (Lipinski definition) is 7. The normalized spacial score (nSPS) is 10.5. The summed E-state index contributed by atoms with van der Waals surface area (Å²) in [6, 6.07) is 4.93. The smallest absolute Gasteiger partial charge is 0.328 e. The van der Waals surface area contributed by atoms with Crippen molar-refractivity contribution in [3.8, 4) is 5.75 Å². The lowest BCUT2D eigenvalue weighted by Crippen LogP contribution is -2.16.